The topological polar surface area (TPSA) is 74.2 Å². The predicted octanol–water partition coefficient (Wildman–Crippen LogP) is 2.59. The van der Waals surface area contributed by atoms with E-state index >= 15 is 0 Å². The van der Waals surface area contributed by atoms with Gasteiger partial charge in [0.1, 0.15) is 0 Å². The highest BCUT2D eigenvalue weighted by atomic mass is 35.5. The summed E-state index contributed by atoms with van der Waals surface area (Å²) in [7, 11) is 0. The van der Waals surface area contributed by atoms with E-state index in [2.05, 4.69) is 15.6 Å². The summed E-state index contributed by atoms with van der Waals surface area (Å²) in [5.41, 5.74) is 1.24. The summed E-state index contributed by atoms with van der Waals surface area (Å²) < 4.78 is 0. The van der Waals surface area contributed by atoms with E-state index in [0.29, 0.717) is 5.69 Å². The Morgan fingerprint density at radius 1 is 1.25 bits per heavy atom. The third-order valence-electron chi connectivity index (χ3n) is 2.70. The summed E-state index contributed by atoms with van der Waals surface area (Å²) in [5, 5.41) is 14.8. The number of amides is 2. The highest BCUT2D eigenvalue weighted by Gasteiger charge is 2.14. The number of carbonyl (C=O) groups excluding carboxylic acids is 1. The molecular weight excluding hydrogens is 278 g/mol. The Morgan fingerprint density at radius 3 is 2.65 bits per heavy atom. The molecule has 2 aromatic rings. The molecule has 0 saturated carbocycles. The van der Waals surface area contributed by atoms with E-state index in [9.17, 15) is 9.90 Å². The van der Waals surface area contributed by atoms with Crippen LogP contribution in [0.4, 0.5) is 10.5 Å². The van der Waals surface area contributed by atoms with Crippen molar-refractivity contribution in [2.24, 2.45) is 0 Å². The van der Waals surface area contributed by atoms with Crippen molar-refractivity contribution in [3.63, 3.8) is 0 Å². The summed E-state index contributed by atoms with van der Waals surface area (Å²) in [6, 6.07) is 11.6. The molecule has 0 fully saturated rings. The number of anilines is 1. The summed E-state index contributed by atoms with van der Waals surface area (Å²) in [6.45, 7) is -0.196. The third-order valence-corrected chi connectivity index (χ3v) is 3.00. The minimum atomic E-state index is -0.480. The minimum absolute atomic E-state index is 0.196. The Labute approximate surface area is 121 Å². The number of benzene rings is 1. The average molecular weight is 292 g/mol. The fraction of sp³-hybridized carbons (Fsp3) is 0.143. The van der Waals surface area contributed by atoms with Gasteiger partial charge in [0.25, 0.3) is 0 Å². The number of nitrogens with zero attached hydrogens (tertiary/aromatic N) is 1. The molecule has 6 heteroatoms. The standard InChI is InChI=1S/C14H14ClN3O2/c15-13-11(7-4-8-16-13)17-14(20)18-12(9-19)10-5-2-1-3-6-10/h1-8,12,19H,9H2,(H2,17,18,20). The van der Waals surface area contributed by atoms with Crippen LogP contribution in [0.15, 0.2) is 48.7 Å². The van der Waals surface area contributed by atoms with E-state index in [-0.39, 0.29) is 11.8 Å². The molecule has 0 spiro atoms. The second-order valence-electron chi connectivity index (χ2n) is 4.09. The maximum absolute atomic E-state index is 11.9. The molecule has 0 aliphatic carbocycles. The third kappa shape index (κ3) is 3.69. The van der Waals surface area contributed by atoms with Crippen LogP contribution >= 0.6 is 11.6 Å². The van der Waals surface area contributed by atoms with Gasteiger partial charge in [0, 0.05) is 6.20 Å². The summed E-state index contributed by atoms with van der Waals surface area (Å²) in [6.07, 6.45) is 1.53. The van der Waals surface area contributed by atoms with Crippen molar-refractivity contribution < 1.29 is 9.90 Å². The van der Waals surface area contributed by atoms with Crippen molar-refractivity contribution in [1.29, 1.82) is 0 Å². The first-order valence-corrected chi connectivity index (χ1v) is 6.42. The van der Waals surface area contributed by atoms with Crippen LogP contribution in [-0.2, 0) is 0 Å². The highest BCUT2D eigenvalue weighted by Crippen LogP contribution is 2.18. The van der Waals surface area contributed by atoms with Gasteiger partial charge in [-0.25, -0.2) is 9.78 Å². The summed E-state index contributed by atoms with van der Waals surface area (Å²) >= 11 is 5.85. The molecule has 2 rings (SSSR count). The van der Waals surface area contributed by atoms with Crippen molar-refractivity contribution in [3.8, 4) is 0 Å². The Balaban J connectivity index is 2.02. The molecule has 0 aliphatic heterocycles. The fourth-order valence-electron chi connectivity index (χ4n) is 1.72. The van der Waals surface area contributed by atoms with Gasteiger partial charge < -0.3 is 15.7 Å². The molecule has 3 N–H and O–H groups in total. The monoisotopic (exact) mass is 291 g/mol. The lowest BCUT2D eigenvalue weighted by Crippen LogP contribution is -2.34. The molecule has 0 aliphatic rings. The van der Waals surface area contributed by atoms with Crippen molar-refractivity contribution in [1.82, 2.24) is 10.3 Å². The normalized spacial score (nSPS) is 11.7. The van der Waals surface area contributed by atoms with Gasteiger partial charge in [-0.15, -0.1) is 0 Å². The largest absolute Gasteiger partial charge is 0.394 e. The lowest BCUT2D eigenvalue weighted by atomic mass is 10.1. The quantitative estimate of drug-likeness (QED) is 0.758. The zero-order valence-electron chi connectivity index (χ0n) is 10.6. The SMILES string of the molecule is O=C(Nc1cccnc1Cl)NC(CO)c1ccccc1. The molecule has 2 amide bonds. The summed E-state index contributed by atoms with van der Waals surface area (Å²) in [4.78, 5) is 15.8. The molecule has 1 atom stereocenters. The number of hydrogen-bond acceptors (Lipinski definition) is 3. The zero-order chi connectivity index (χ0) is 14.4. The Bertz CT molecular complexity index is 578. The Hall–Kier alpha value is -2.11. The smallest absolute Gasteiger partial charge is 0.319 e. The van der Waals surface area contributed by atoms with Gasteiger partial charge in [0.05, 0.1) is 18.3 Å². The van der Waals surface area contributed by atoms with E-state index in [4.69, 9.17) is 11.6 Å². The number of rotatable bonds is 4. The number of pyridine rings is 1. The molecule has 0 saturated heterocycles. The molecule has 104 valence electrons. The lowest BCUT2D eigenvalue weighted by Gasteiger charge is -2.17. The van der Waals surface area contributed by atoms with Gasteiger partial charge in [-0.1, -0.05) is 41.9 Å². The van der Waals surface area contributed by atoms with Gasteiger partial charge in [0.2, 0.25) is 0 Å². The first-order valence-electron chi connectivity index (χ1n) is 6.04. The van der Waals surface area contributed by atoms with Crippen LogP contribution in [0, 0.1) is 0 Å². The number of halogens is 1. The van der Waals surface area contributed by atoms with Crippen molar-refractivity contribution >= 4 is 23.3 Å². The van der Waals surface area contributed by atoms with Crippen LogP contribution in [0.25, 0.3) is 0 Å². The molecule has 0 radical (unpaired) electrons. The van der Waals surface area contributed by atoms with Gasteiger partial charge in [-0.2, -0.15) is 0 Å². The molecule has 20 heavy (non-hydrogen) atoms. The van der Waals surface area contributed by atoms with Crippen molar-refractivity contribution in [2.75, 3.05) is 11.9 Å². The number of aromatic nitrogens is 1. The van der Waals surface area contributed by atoms with E-state index < -0.39 is 12.1 Å². The van der Waals surface area contributed by atoms with Gasteiger partial charge in [-0.3, -0.25) is 0 Å². The van der Waals surface area contributed by atoms with E-state index in [1.54, 1.807) is 12.1 Å². The molecule has 1 aromatic heterocycles. The molecular formula is C14H14ClN3O2. The maximum atomic E-state index is 11.9. The number of nitrogens with one attached hydrogen (secondary N) is 2. The van der Waals surface area contributed by atoms with E-state index in [0.717, 1.165) is 5.56 Å². The van der Waals surface area contributed by atoms with Crippen LogP contribution < -0.4 is 10.6 Å². The predicted molar refractivity (Wildman–Crippen MR) is 77.7 cm³/mol. The minimum Gasteiger partial charge on any atom is -0.394 e. The summed E-state index contributed by atoms with van der Waals surface area (Å²) in [5.74, 6) is 0. The molecule has 1 heterocycles. The maximum Gasteiger partial charge on any atom is 0.319 e. The number of aliphatic hydroxyl groups is 1. The first-order chi connectivity index (χ1) is 9.70. The number of carbonyl (C=O) groups is 1. The second kappa shape index (κ2) is 6.88. The molecule has 1 aromatic carbocycles. The van der Waals surface area contributed by atoms with Crippen LogP contribution in [-0.4, -0.2) is 22.7 Å². The van der Waals surface area contributed by atoms with Crippen molar-refractivity contribution in [2.45, 2.75) is 6.04 Å². The average Bonchev–Trinajstić information content (AvgIpc) is 2.48. The number of aliphatic hydroxyl groups excluding tert-OH is 1. The lowest BCUT2D eigenvalue weighted by molar-refractivity contribution is 0.225. The van der Waals surface area contributed by atoms with Gasteiger partial charge in [0.15, 0.2) is 5.15 Å². The van der Waals surface area contributed by atoms with Crippen LogP contribution in [0.5, 0.6) is 0 Å². The van der Waals surface area contributed by atoms with E-state index in [1.165, 1.54) is 6.20 Å². The number of urea groups is 1. The Morgan fingerprint density at radius 2 is 2.00 bits per heavy atom. The van der Waals surface area contributed by atoms with Crippen LogP contribution in [0.1, 0.15) is 11.6 Å². The fourth-order valence-corrected chi connectivity index (χ4v) is 1.88. The second-order valence-corrected chi connectivity index (χ2v) is 4.44. The van der Waals surface area contributed by atoms with Crippen molar-refractivity contribution in [3.05, 3.63) is 59.4 Å². The van der Waals surface area contributed by atoms with Crippen LogP contribution in [0.3, 0.4) is 0 Å². The van der Waals surface area contributed by atoms with E-state index in [1.807, 2.05) is 30.3 Å². The Kier molecular flexibility index (Phi) is 4.92. The van der Waals surface area contributed by atoms with Crippen LogP contribution in [0.2, 0.25) is 5.15 Å². The van der Waals surface area contributed by atoms with Gasteiger partial charge in [-0.05, 0) is 17.7 Å². The number of hydrogen-bond donors (Lipinski definition) is 3. The van der Waals surface area contributed by atoms with Gasteiger partial charge >= 0.3 is 6.03 Å². The molecule has 0 bridgehead atoms. The first kappa shape index (κ1) is 14.3. The zero-order valence-corrected chi connectivity index (χ0v) is 11.3. The molecule has 5 nitrogen and oxygen atoms in total. The molecule has 1 unspecified atom stereocenters. The highest BCUT2D eigenvalue weighted by molar-refractivity contribution is 6.32.